The van der Waals surface area contributed by atoms with Gasteiger partial charge in [-0.2, -0.15) is 10.2 Å². The van der Waals surface area contributed by atoms with E-state index >= 15 is 0 Å². The van der Waals surface area contributed by atoms with Gasteiger partial charge in [0, 0.05) is 55.9 Å². The van der Waals surface area contributed by atoms with Crippen molar-refractivity contribution in [2.24, 2.45) is 0 Å². The van der Waals surface area contributed by atoms with Gasteiger partial charge in [0.1, 0.15) is 11.5 Å². The topological polar surface area (TPSA) is 165 Å². The van der Waals surface area contributed by atoms with Crippen LogP contribution in [-0.2, 0) is 0 Å². The lowest BCUT2D eigenvalue weighted by atomic mass is 10.1. The number of piperazine rings is 1. The zero-order chi connectivity index (χ0) is 35.6. The summed E-state index contributed by atoms with van der Waals surface area (Å²) in [6.45, 7) is 9.67. The Balaban J connectivity index is 0.000000187. The Kier molecular flexibility index (Phi) is 11.1. The third kappa shape index (κ3) is 9.86. The van der Waals surface area contributed by atoms with Gasteiger partial charge >= 0.3 is 0 Å². The maximum Gasteiger partial charge on any atom is 0.161 e. The highest BCUT2D eigenvalue weighted by molar-refractivity contribution is 5.80. The van der Waals surface area contributed by atoms with Crippen molar-refractivity contribution in [2.75, 3.05) is 54.5 Å². The Morgan fingerprint density at radius 1 is 0.667 bits per heavy atom. The number of hydrogen-bond acceptors (Lipinski definition) is 11. The van der Waals surface area contributed by atoms with Crippen molar-refractivity contribution in [3.8, 4) is 0 Å². The van der Waals surface area contributed by atoms with Gasteiger partial charge in [-0.25, -0.2) is 19.9 Å². The minimum Gasteiger partial charge on any atom is -0.393 e. The highest BCUT2D eigenvalue weighted by atomic mass is 15.3. The SMILES string of the molecule is Cc1cc(Nc2ccnc(/C=C/c3ccccc3)n2)n[nH]1.Cc1ccc(/C=C/c2nc(Nc3cc(C)[nH]n3)c(N)c(N3CCN(C)CC3)n2)cc1. The second kappa shape index (κ2) is 16.4. The lowest BCUT2D eigenvalue weighted by molar-refractivity contribution is 0.312. The Bertz CT molecular complexity index is 2070. The fourth-order valence-corrected chi connectivity index (χ4v) is 5.23. The minimum atomic E-state index is 0.535. The van der Waals surface area contributed by atoms with Crippen LogP contribution in [0.4, 0.5) is 34.8 Å². The van der Waals surface area contributed by atoms with Gasteiger partial charge in [-0.05, 0) is 57.2 Å². The molecule has 1 saturated heterocycles. The van der Waals surface area contributed by atoms with Crippen LogP contribution >= 0.6 is 0 Å². The van der Waals surface area contributed by atoms with Gasteiger partial charge in [-0.15, -0.1) is 0 Å². The van der Waals surface area contributed by atoms with Crippen molar-refractivity contribution in [3.05, 3.63) is 119 Å². The van der Waals surface area contributed by atoms with Gasteiger partial charge in [0.25, 0.3) is 0 Å². The summed E-state index contributed by atoms with van der Waals surface area (Å²) < 4.78 is 0. The monoisotopic (exact) mass is 681 g/mol. The van der Waals surface area contributed by atoms with Crippen molar-refractivity contribution in [2.45, 2.75) is 20.8 Å². The molecule has 0 aliphatic carbocycles. The second-order valence-corrected chi connectivity index (χ2v) is 12.4. The lowest BCUT2D eigenvalue weighted by Crippen LogP contribution is -2.45. The Morgan fingerprint density at radius 2 is 1.29 bits per heavy atom. The molecule has 5 heterocycles. The first-order chi connectivity index (χ1) is 24.8. The number of nitrogens with zero attached hydrogens (tertiary/aromatic N) is 8. The summed E-state index contributed by atoms with van der Waals surface area (Å²) >= 11 is 0. The normalized spacial score (nSPS) is 13.4. The molecule has 1 aliphatic rings. The molecule has 13 heteroatoms. The highest BCUT2D eigenvalue weighted by Crippen LogP contribution is 2.30. The molecule has 1 fully saturated rings. The molecule has 1 aliphatic heterocycles. The number of nitrogen functional groups attached to an aromatic ring is 1. The number of benzene rings is 2. The average Bonchev–Trinajstić information content (AvgIpc) is 3.75. The van der Waals surface area contributed by atoms with Crippen LogP contribution in [0.15, 0.2) is 79.0 Å². The summed E-state index contributed by atoms with van der Waals surface area (Å²) in [5.41, 5.74) is 12.4. The molecule has 0 radical (unpaired) electrons. The maximum atomic E-state index is 6.49. The van der Waals surface area contributed by atoms with Crippen LogP contribution < -0.4 is 21.3 Å². The van der Waals surface area contributed by atoms with Crippen molar-refractivity contribution in [1.82, 2.24) is 45.2 Å². The number of anilines is 6. The van der Waals surface area contributed by atoms with E-state index in [9.17, 15) is 0 Å². The summed E-state index contributed by atoms with van der Waals surface area (Å²) in [7, 11) is 2.13. The van der Waals surface area contributed by atoms with Crippen molar-refractivity contribution in [3.63, 3.8) is 0 Å². The number of H-pyrrole nitrogens is 2. The molecular formula is C38H43N13. The van der Waals surface area contributed by atoms with E-state index in [1.54, 1.807) is 6.20 Å². The average molecular weight is 682 g/mol. The molecule has 4 aromatic heterocycles. The molecule has 0 spiro atoms. The van der Waals surface area contributed by atoms with Crippen LogP contribution in [0, 0.1) is 20.8 Å². The molecule has 0 unspecified atom stereocenters. The molecule has 0 bridgehead atoms. The van der Waals surface area contributed by atoms with Crippen LogP contribution in [0.25, 0.3) is 24.3 Å². The lowest BCUT2D eigenvalue weighted by Gasteiger charge is -2.34. The summed E-state index contributed by atoms with van der Waals surface area (Å²) in [5.74, 6) is 4.71. The third-order valence-electron chi connectivity index (χ3n) is 8.06. The zero-order valence-electron chi connectivity index (χ0n) is 29.3. The van der Waals surface area contributed by atoms with E-state index < -0.39 is 0 Å². The van der Waals surface area contributed by atoms with Crippen LogP contribution in [0.1, 0.15) is 39.7 Å². The van der Waals surface area contributed by atoms with Gasteiger partial charge in [0.15, 0.2) is 34.9 Å². The van der Waals surface area contributed by atoms with Crippen molar-refractivity contribution < 1.29 is 0 Å². The molecule has 260 valence electrons. The Labute approximate surface area is 297 Å². The van der Waals surface area contributed by atoms with Crippen molar-refractivity contribution >= 4 is 59.1 Å². The minimum absolute atomic E-state index is 0.535. The van der Waals surface area contributed by atoms with E-state index in [0.717, 1.165) is 60.3 Å². The predicted molar refractivity (Wildman–Crippen MR) is 207 cm³/mol. The van der Waals surface area contributed by atoms with Gasteiger partial charge in [0.2, 0.25) is 0 Å². The van der Waals surface area contributed by atoms with E-state index in [2.05, 4.69) is 94.0 Å². The summed E-state index contributed by atoms with van der Waals surface area (Å²) in [4.78, 5) is 22.6. The van der Waals surface area contributed by atoms with Gasteiger partial charge in [-0.3, -0.25) is 10.2 Å². The van der Waals surface area contributed by atoms with Crippen LogP contribution in [0.2, 0.25) is 0 Å². The molecule has 51 heavy (non-hydrogen) atoms. The van der Waals surface area contributed by atoms with Crippen LogP contribution in [0.3, 0.4) is 0 Å². The maximum absolute atomic E-state index is 6.49. The van der Waals surface area contributed by atoms with Gasteiger partial charge < -0.3 is 26.2 Å². The molecular weight excluding hydrogens is 639 g/mol. The molecule has 6 N–H and O–H groups in total. The van der Waals surface area contributed by atoms with E-state index in [1.807, 2.05) is 86.7 Å². The molecule has 0 atom stereocenters. The number of nitrogens with one attached hydrogen (secondary N) is 4. The number of rotatable bonds is 9. The standard InChI is InChI=1S/C22H28N8.C16H15N5/c1-15-4-6-17(7-5-15)8-9-18-24-21(25-19-14-16(2)27-28-19)20(23)22(26-18)30-12-10-29(3)11-13-30;1-12-11-16(21-20-12)19-15-9-10-17-14(18-15)8-7-13-5-3-2-4-6-13/h4-9,14H,10-13,23H2,1-3H3,(H2,24,25,26,27,28);2-11H,1H3,(H2,17,18,19,20,21)/b9-8+;8-7+. The molecule has 6 aromatic rings. The molecule has 7 rings (SSSR count). The number of aromatic amines is 2. The fourth-order valence-electron chi connectivity index (χ4n) is 5.23. The second-order valence-electron chi connectivity index (χ2n) is 12.4. The number of aromatic nitrogens is 8. The number of nitrogens with two attached hydrogens (primary N) is 1. The predicted octanol–water partition coefficient (Wildman–Crippen LogP) is 6.49. The molecule has 0 amide bonds. The van der Waals surface area contributed by atoms with Crippen LogP contribution in [-0.4, -0.2) is 78.5 Å². The zero-order valence-corrected chi connectivity index (χ0v) is 29.3. The van der Waals surface area contributed by atoms with E-state index in [4.69, 9.17) is 10.7 Å². The van der Waals surface area contributed by atoms with Gasteiger partial charge in [0.05, 0.1) is 0 Å². The number of likely N-dealkylation sites (N-methyl/N-ethyl adjacent to an activating group) is 1. The smallest absolute Gasteiger partial charge is 0.161 e. The Hall–Kier alpha value is -6.34. The molecule has 13 nitrogen and oxygen atoms in total. The summed E-state index contributed by atoms with van der Waals surface area (Å²) in [5, 5.41) is 20.5. The molecule has 0 saturated carbocycles. The largest absolute Gasteiger partial charge is 0.393 e. The van der Waals surface area contributed by atoms with Crippen molar-refractivity contribution in [1.29, 1.82) is 0 Å². The molecule has 2 aromatic carbocycles. The van der Waals surface area contributed by atoms with E-state index in [1.165, 1.54) is 5.56 Å². The first-order valence-electron chi connectivity index (χ1n) is 16.8. The summed E-state index contributed by atoms with van der Waals surface area (Å²) in [6.07, 6.45) is 9.53. The highest BCUT2D eigenvalue weighted by Gasteiger charge is 2.21. The first kappa shape index (κ1) is 34.5. The van der Waals surface area contributed by atoms with E-state index in [-0.39, 0.29) is 0 Å². The third-order valence-corrected chi connectivity index (χ3v) is 8.06. The van der Waals surface area contributed by atoms with Gasteiger partial charge in [-0.1, -0.05) is 72.3 Å². The number of hydrogen-bond donors (Lipinski definition) is 5. The quantitative estimate of drug-likeness (QED) is 0.113. The fraction of sp³-hybridized carbons (Fsp3) is 0.211. The summed E-state index contributed by atoms with van der Waals surface area (Å²) in [6, 6.07) is 24.0. The number of aryl methyl sites for hydroxylation is 3. The Morgan fingerprint density at radius 3 is 1.94 bits per heavy atom. The van der Waals surface area contributed by atoms with Crippen LogP contribution in [0.5, 0.6) is 0 Å². The first-order valence-corrected chi connectivity index (χ1v) is 16.8. The van der Waals surface area contributed by atoms with E-state index in [0.29, 0.717) is 34.8 Å².